The van der Waals surface area contributed by atoms with Crippen LogP contribution in [0.1, 0.15) is 23.9 Å². The number of aromatic nitrogens is 4. The lowest BCUT2D eigenvalue weighted by Crippen LogP contribution is -2.10. The van der Waals surface area contributed by atoms with Crippen LogP contribution in [-0.4, -0.2) is 26.3 Å². The molecule has 0 saturated heterocycles. The van der Waals surface area contributed by atoms with Gasteiger partial charge in [-0.3, -0.25) is 4.68 Å². The lowest BCUT2D eigenvalue weighted by molar-refractivity contribution is 0.596. The summed E-state index contributed by atoms with van der Waals surface area (Å²) in [7, 11) is 1.91. The maximum absolute atomic E-state index is 13.9. The van der Waals surface area contributed by atoms with E-state index in [0.717, 1.165) is 17.7 Å². The van der Waals surface area contributed by atoms with Gasteiger partial charge in [0, 0.05) is 19.3 Å². The molecule has 0 aliphatic heterocycles. The molecule has 2 rings (SSSR count). The summed E-state index contributed by atoms with van der Waals surface area (Å²) >= 11 is 0. The van der Waals surface area contributed by atoms with Crippen LogP contribution in [0, 0.1) is 12.7 Å². The fraction of sp³-hybridized carbons (Fsp3) is 0.462. The number of rotatable bonds is 5. The number of aryl methyl sites for hydroxylation is 2. The van der Waals surface area contributed by atoms with Crippen LogP contribution < -0.4 is 5.32 Å². The van der Waals surface area contributed by atoms with E-state index in [9.17, 15) is 4.39 Å². The van der Waals surface area contributed by atoms with Crippen LogP contribution in [0.5, 0.6) is 0 Å². The van der Waals surface area contributed by atoms with E-state index in [0.29, 0.717) is 18.7 Å². The maximum atomic E-state index is 13.9. The van der Waals surface area contributed by atoms with E-state index >= 15 is 0 Å². The molecule has 0 spiro atoms. The number of halogens is 1. The molecule has 102 valence electrons. The van der Waals surface area contributed by atoms with E-state index in [4.69, 9.17) is 0 Å². The molecule has 1 N–H and O–H groups in total. The van der Waals surface area contributed by atoms with Crippen molar-refractivity contribution < 1.29 is 4.39 Å². The van der Waals surface area contributed by atoms with Gasteiger partial charge in [0.2, 0.25) is 0 Å². The zero-order valence-corrected chi connectivity index (χ0v) is 11.4. The van der Waals surface area contributed by atoms with Crippen molar-refractivity contribution in [1.82, 2.24) is 19.7 Å². The van der Waals surface area contributed by atoms with E-state index in [1.165, 1.54) is 6.33 Å². The predicted molar refractivity (Wildman–Crippen MR) is 71.5 cm³/mol. The van der Waals surface area contributed by atoms with Crippen LogP contribution >= 0.6 is 0 Å². The summed E-state index contributed by atoms with van der Waals surface area (Å²) in [4.78, 5) is 7.83. The molecule has 0 unspecified atom stereocenters. The Balaban J connectivity index is 1.98. The molecule has 5 nitrogen and oxygen atoms in total. The second-order valence-electron chi connectivity index (χ2n) is 4.39. The first-order valence-electron chi connectivity index (χ1n) is 6.34. The molecule has 19 heavy (non-hydrogen) atoms. The van der Waals surface area contributed by atoms with Crippen LogP contribution in [0.15, 0.2) is 12.5 Å². The van der Waals surface area contributed by atoms with Crippen LogP contribution in [0.4, 0.5) is 10.2 Å². The summed E-state index contributed by atoms with van der Waals surface area (Å²) in [5, 5.41) is 7.19. The first-order valence-corrected chi connectivity index (χ1v) is 6.34. The topological polar surface area (TPSA) is 55.6 Å². The van der Waals surface area contributed by atoms with Crippen molar-refractivity contribution in [1.29, 1.82) is 0 Å². The first-order chi connectivity index (χ1) is 9.13. The molecule has 0 aliphatic rings. The van der Waals surface area contributed by atoms with Gasteiger partial charge in [0.15, 0.2) is 11.6 Å². The van der Waals surface area contributed by atoms with Gasteiger partial charge in [-0.25, -0.2) is 14.4 Å². The molecule has 6 heteroatoms. The monoisotopic (exact) mass is 263 g/mol. The average Bonchev–Trinajstić information content (AvgIpc) is 2.72. The summed E-state index contributed by atoms with van der Waals surface area (Å²) in [5.41, 5.74) is 2.72. The minimum Gasteiger partial charge on any atom is -0.367 e. The van der Waals surface area contributed by atoms with Gasteiger partial charge in [-0.1, -0.05) is 6.92 Å². The highest BCUT2D eigenvalue weighted by Gasteiger charge is 2.09. The fourth-order valence-corrected chi connectivity index (χ4v) is 1.88. The SMILES string of the molecule is CCc1ncnc(NCCc2cnn(C)c2C)c1F. The van der Waals surface area contributed by atoms with Gasteiger partial charge in [-0.2, -0.15) is 5.10 Å². The van der Waals surface area contributed by atoms with Crippen molar-refractivity contribution in [3.8, 4) is 0 Å². The average molecular weight is 263 g/mol. The number of nitrogens with one attached hydrogen (secondary N) is 1. The fourth-order valence-electron chi connectivity index (χ4n) is 1.88. The second-order valence-corrected chi connectivity index (χ2v) is 4.39. The highest BCUT2D eigenvalue weighted by atomic mass is 19.1. The Kier molecular flexibility index (Phi) is 4.09. The third-order valence-corrected chi connectivity index (χ3v) is 3.22. The highest BCUT2D eigenvalue weighted by Crippen LogP contribution is 2.13. The molecule has 0 fully saturated rings. The number of nitrogens with zero attached hydrogens (tertiary/aromatic N) is 4. The highest BCUT2D eigenvalue weighted by molar-refractivity contribution is 5.37. The van der Waals surface area contributed by atoms with Crippen LogP contribution in [0.3, 0.4) is 0 Å². The third kappa shape index (κ3) is 2.89. The van der Waals surface area contributed by atoms with Crippen molar-refractivity contribution in [2.24, 2.45) is 7.05 Å². The quantitative estimate of drug-likeness (QED) is 0.894. The number of hydrogen-bond donors (Lipinski definition) is 1. The van der Waals surface area contributed by atoms with Gasteiger partial charge in [0.05, 0.1) is 11.9 Å². The minimum atomic E-state index is -0.354. The molecule has 0 aliphatic carbocycles. The number of anilines is 1. The summed E-state index contributed by atoms with van der Waals surface area (Å²) in [6, 6.07) is 0. The Labute approximate surface area is 111 Å². The lowest BCUT2D eigenvalue weighted by Gasteiger charge is -2.08. The second kappa shape index (κ2) is 5.77. The minimum absolute atomic E-state index is 0.272. The Bertz CT molecular complexity index is 564. The van der Waals surface area contributed by atoms with Crippen LogP contribution in [0.2, 0.25) is 0 Å². The Morgan fingerprint density at radius 3 is 2.79 bits per heavy atom. The molecular weight excluding hydrogens is 245 g/mol. The third-order valence-electron chi connectivity index (χ3n) is 3.22. The van der Waals surface area contributed by atoms with Crippen molar-refractivity contribution in [3.05, 3.63) is 35.3 Å². The molecule has 0 aromatic carbocycles. The zero-order chi connectivity index (χ0) is 13.8. The first kappa shape index (κ1) is 13.5. The van der Waals surface area contributed by atoms with Gasteiger partial charge < -0.3 is 5.32 Å². The summed E-state index contributed by atoms with van der Waals surface area (Å²) < 4.78 is 15.7. The van der Waals surface area contributed by atoms with E-state index < -0.39 is 0 Å². The van der Waals surface area contributed by atoms with E-state index in [1.807, 2.05) is 31.8 Å². The van der Waals surface area contributed by atoms with Crippen molar-refractivity contribution in [3.63, 3.8) is 0 Å². The summed E-state index contributed by atoms with van der Waals surface area (Å²) in [6.07, 6.45) is 4.57. The Morgan fingerprint density at radius 2 is 2.16 bits per heavy atom. The predicted octanol–water partition coefficient (Wildman–Crippen LogP) is 1.87. The Morgan fingerprint density at radius 1 is 1.37 bits per heavy atom. The lowest BCUT2D eigenvalue weighted by atomic mass is 10.2. The van der Waals surface area contributed by atoms with Crippen molar-refractivity contribution in [2.75, 3.05) is 11.9 Å². The molecular formula is C13H18FN5. The zero-order valence-electron chi connectivity index (χ0n) is 11.4. The van der Waals surface area contributed by atoms with Crippen molar-refractivity contribution in [2.45, 2.75) is 26.7 Å². The molecule has 0 amide bonds. The smallest absolute Gasteiger partial charge is 0.186 e. The molecule has 2 aromatic heterocycles. The Hall–Kier alpha value is -1.98. The van der Waals surface area contributed by atoms with Crippen LogP contribution in [-0.2, 0) is 19.9 Å². The van der Waals surface area contributed by atoms with E-state index in [2.05, 4.69) is 20.4 Å². The van der Waals surface area contributed by atoms with Gasteiger partial charge in [0.25, 0.3) is 0 Å². The normalized spacial score (nSPS) is 10.7. The van der Waals surface area contributed by atoms with Gasteiger partial charge in [0.1, 0.15) is 6.33 Å². The molecule has 2 heterocycles. The van der Waals surface area contributed by atoms with E-state index in [-0.39, 0.29) is 11.6 Å². The molecule has 0 radical (unpaired) electrons. The summed E-state index contributed by atoms with van der Waals surface area (Å²) in [5.74, 6) is -0.0821. The largest absolute Gasteiger partial charge is 0.367 e. The van der Waals surface area contributed by atoms with Gasteiger partial charge in [-0.05, 0) is 25.3 Å². The molecule has 2 aromatic rings. The molecule has 0 saturated carbocycles. The van der Waals surface area contributed by atoms with Crippen LogP contribution in [0.25, 0.3) is 0 Å². The standard InChI is InChI=1S/C13H18FN5/c1-4-11-12(14)13(17-8-16-11)15-6-5-10-7-18-19(3)9(10)2/h7-8H,4-6H2,1-3H3,(H,15,16,17). The summed E-state index contributed by atoms with van der Waals surface area (Å²) in [6.45, 7) is 4.50. The number of hydrogen-bond acceptors (Lipinski definition) is 4. The maximum Gasteiger partial charge on any atom is 0.186 e. The molecule has 0 atom stereocenters. The van der Waals surface area contributed by atoms with Gasteiger partial charge >= 0.3 is 0 Å². The molecule has 0 bridgehead atoms. The van der Waals surface area contributed by atoms with E-state index in [1.54, 1.807) is 0 Å². The van der Waals surface area contributed by atoms with Crippen molar-refractivity contribution >= 4 is 5.82 Å². The van der Waals surface area contributed by atoms with Gasteiger partial charge in [-0.15, -0.1) is 0 Å².